The Bertz CT molecular complexity index is 488. The van der Waals surface area contributed by atoms with Gasteiger partial charge < -0.3 is 9.84 Å². The lowest BCUT2D eigenvalue weighted by molar-refractivity contribution is 0.276. The lowest BCUT2D eigenvalue weighted by Gasteiger charge is -2.07. The minimum atomic E-state index is -0.467. The van der Waals surface area contributed by atoms with Crippen molar-refractivity contribution in [2.45, 2.75) is 13.2 Å². The van der Waals surface area contributed by atoms with Gasteiger partial charge in [0.2, 0.25) is 0 Å². The molecule has 1 heterocycles. The van der Waals surface area contributed by atoms with E-state index in [2.05, 4.69) is 4.98 Å². The molecule has 2 aromatic rings. The van der Waals surface area contributed by atoms with Gasteiger partial charge in [-0.05, 0) is 35.4 Å². The van der Waals surface area contributed by atoms with Gasteiger partial charge in [0.25, 0.3) is 0 Å². The van der Waals surface area contributed by atoms with Gasteiger partial charge in [-0.2, -0.15) is 0 Å². The summed E-state index contributed by atoms with van der Waals surface area (Å²) in [4.78, 5) is 3.88. The van der Waals surface area contributed by atoms with E-state index in [0.717, 1.165) is 5.56 Å². The fourth-order valence-electron chi connectivity index (χ4n) is 1.40. The summed E-state index contributed by atoms with van der Waals surface area (Å²) in [7, 11) is 0. The second kappa shape index (κ2) is 5.41. The van der Waals surface area contributed by atoms with Gasteiger partial charge in [-0.25, -0.2) is 4.39 Å². The highest BCUT2D eigenvalue weighted by atomic mass is 19.1. The van der Waals surface area contributed by atoms with Crippen molar-refractivity contribution >= 4 is 0 Å². The van der Waals surface area contributed by atoms with Crippen LogP contribution in [0.4, 0.5) is 4.39 Å². The van der Waals surface area contributed by atoms with E-state index >= 15 is 0 Å². The number of nitrogens with zero attached hydrogens (tertiary/aromatic N) is 1. The van der Waals surface area contributed by atoms with Crippen molar-refractivity contribution in [3.05, 3.63) is 59.7 Å². The summed E-state index contributed by atoms with van der Waals surface area (Å²) in [5.74, 6) is -0.287. The lowest BCUT2D eigenvalue weighted by atomic mass is 10.2. The van der Waals surface area contributed by atoms with Crippen LogP contribution in [0.3, 0.4) is 0 Å². The molecule has 1 aromatic carbocycles. The largest absolute Gasteiger partial charge is 0.486 e. The highest BCUT2D eigenvalue weighted by molar-refractivity contribution is 5.29. The monoisotopic (exact) mass is 233 g/mol. The van der Waals surface area contributed by atoms with Crippen LogP contribution >= 0.6 is 0 Å². The van der Waals surface area contributed by atoms with Crippen LogP contribution in [-0.2, 0) is 13.2 Å². The fraction of sp³-hybridized carbons (Fsp3) is 0.154. The number of halogens is 1. The SMILES string of the molecule is OCc1ccc(OCc2ccncc2)c(F)c1. The predicted octanol–water partition coefficient (Wildman–Crippen LogP) is 2.29. The molecule has 0 radical (unpaired) electrons. The third kappa shape index (κ3) is 3.01. The van der Waals surface area contributed by atoms with Crippen LogP contribution in [0.15, 0.2) is 42.7 Å². The zero-order chi connectivity index (χ0) is 12.1. The third-order valence-corrected chi connectivity index (χ3v) is 2.32. The molecule has 88 valence electrons. The molecule has 0 aliphatic carbocycles. The van der Waals surface area contributed by atoms with E-state index in [-0.39, 0.29) is 19.0 Å². The number of aliphatic hydroxyl groups is 1. The van der Waals surface area contributed by atoms with E-state index in [0.29, 0.717) is 5.56 Å². The van der Waals surface area contributed by atoms with Crippen molar-refractivity contribution in [2.24, 2.45) is 0 Å². The highest BCUT2D eigenvalue weighted by Crippen LogP contribution is 2.19. The Balaban J connectivity index is 2.04. The van der Waals surface area contributed by atoms with Gasteiger partial charge in [0.1, 0.15) is 6.61 Å². The van der Waals surface area contributed by atoms with Crippen LogP contribution in [0, 0.1) is 5.82 Å². The number of hydrogen-bond acceptors (Lipinski definition) is 3. The molecule has 0 fully saturated rings. The van der Waals surface area contributed by atoms with Crippen LogP contribution < -0.4 is 4.74 Å². The van der Waals surface area contributed by atoms with Crippen molar-refractivity contribution in [1.29, 1.82) is 0 Å². The van der Waals surface area contributed by atoms with Crippen molar-refractivity contribution < 1.29 is 14.2 Å². The molecule has 0 saturated carbocycles. The van der Waals surface area contributed by atoms with E-state index in [4.69, 9.17) is 9.84 Å². The number of rotatable bonds is 4. The second-order valence-electron chi connectivity index (χ2n) is 3.57. The molecule has 0 aliphatic heterocycles. The standard InChI is InChI=1S/C13H12FNO2/c14-12-7-11(8-16)1-2-13(12)17-9-10-3-5-15-6-4-10/h1-7,16H,8-9H2. The number of hydrogen-bond donors (Lipinski definition) is 1. The molecule has 0 amide bonds. The predicted molar refractivity (Wildman–Crippen MR) is 60.9 cm³/mol. The summed E-state index contributed by atoms with van der Waals surface area (Å²) in [5.41, 5.74) is 1.45. The topological polar surface area (TPSA) is 42.4 Å². The van der Waals surface area contributed by atoms with Gasteiger partial charge in [0.15, 0.2) is 11.6 Å². The van der Waals surface area contributed by atoms with E-state index in [1.54, 1.807) is 30.6 Å². The average molecular weight is 233 g/mol. The number of benzene rings is 1. The Morgan fingerprint density at radius 1 is 1.12 bits per heavy atom. The Kier molecular flexibility index (Phi) is 3.67. The van der Waals surface area contributed by atoms with Gasteiger partial charge in [0.05, 0.1) is 6.61 Å². The molecule has 0 saturated heterocycles. The average Bonchev–Trinajstić information content (AvgIpc) is 2.38. The fourth-order valence-corrected chi connectivity index (χ4v) is 1.40. The molecular formula is C13H12FNO2. The summed E-state index contributed by atoms with van der Waals surface area (Å²) in [6, 6.07) is 8.02. The lowest BCUT2D eigenvalue weighted by Crippen LogP contribution is -1.98. The summed E-state index contributed by atoms with van der Waals surface area (Å²) in [6.07, 6.45) is 3.31. The summed E-state index contributed by atoms with van der Waals surface area (Å²) in [6.45, 7) is 0.111. The second-order valence-corrected chi connectivity index (χ2v) is 3.57. The summed E-state index contributed by atoms with van der Waals surface area (Å²) >= 11 is 0. The van der Waals surface area contributed by atoms with Crippen LogP contribution in [-0.4, -0.2) is 10.1 Å². The molecule has 3 nitrogen and oxygen atoms in total. The Labute approximate surface area is 98.5 Å². The highest BCUT2D eigenvalue weighted by Gasteiger charge is 2.04. The number of aliphatic hydroxyl groups excluding tert-OH is 1. The number of pyridine rings is 1. The maximum atomic E-state index is 13.5. The first kappa shape index (κ1) is 11.5. The third-order valence-electron chi connectivity index (χ3n) is 2.32. The van der Waals surface area contributed by atoms with Crippen molar-refractivity contribution in [3.8, 4) is 5.75 Å². The molecule has 17 heavy (non-hydrogen) atoms. The Morgan fingerprint density at radius 3 is 2.53 bits per heavy atom. The Hall–Kier alpha value is -1.94. The zero-order valence-electron chi connectivity index (χ0n) is 9.14. The van der Waals surface area contributed by atoms with Crippen LogP contribution in [0.25, 0.3) is 0 Å². The summed E-state index contributed by atoms with van der Waals surface area (Å²) < 4.78 is 18.8. The zero-order valence-corrected chi connectivity index (χ0v) is 9.14. The maximum absolute atomic E-state index is 13.5. The van der Waals surface area contributed by atoms with E-state index in [9.17, 15) is 4.39 Å². The molecule has 0 aliphatic rings. The molecule has 4 heteroatoms. The number of ether oxygens (including phenoxy) is 1. The molecule has 0 spiro atoms. The Morgan fingerprint density at radius 2 is 1.88 bits per heavy atom. The minimum absolute atomic E-state index is 0.179. The van der Waals surface area contributed by atoms with Crippen molar-refractivity contribution in [3.63, 3.8) is 0 Å². The van der Waals surface area contributed by atoms with E-state index in [1.807, 2.05) is 0 Å². The summed E-state index contributed by atoms with van der Waals surface area (Å²) in [5, 5.41) is 8.85. The normalized spacial score (nSPS) is 10.2. The van der Waals surface area contributed by atoms with Crippen LogP contribution in [0.1, 0.15) is 11.1 Å². The van der Waals surface area contributed by atoms with Crippen molar-refractivity contribution in [1.82, 2.24) is 4.98 Å². The maximum Gasteiger partial charge on any atom is 0.165 e. The van der Waals surface area contributed by atoms with E-state index < -0.39 is 5.82 Å². The minimum Gasteiger partial charge on any atom is -0.486 e. The van der Waals surface area contributed by atoms with Gasteiger partial charge in [0, 0.05) is 12.4 Å². The van der Waals surface area contributed by atoms with Gasteiger partial charge in [-0.1, -0.05) is 6.07 Å². The van der Waals surface area contributed by atoms with Crippen molar-refractivity contribution in [2.75, 3.05) is 0 Å². The van der Waals surface area contributed by atoms with Gasteiger partial charge in [-0.3, -0.25) is 4.98 Å². The van der Waals surface area contributed by atoms with E-state index in [1.165, 1.54) is 12.1 Å². The quantitative estimate of drug-likeness (QED) is 0.881. The molecule has 2 rings (SSSR count). The smallest absolute Gasteiger partial charge is 0.165 e. The van der Waals surface area contributed by atoms with Gasteiger partial charge in [-0.15, -0.1) is 0 Å². The molecule has 0 atom stereocenters. The van der Waals surface area contributed by atoms with Crippen LogP contribution in [0.2, 0.25) is 0 Å². The molecule has 1 aromatic heterocycles. The molecular weight excluding hydrogens is 221 g/mol. The van der Waals surface area contributed by atoms with Crippen LogP contribution in [0.5, 0.6) is 5.75 Å². The number of aromatic nitrogens is 1. The first-order valence-corrected chi connectivity index (χ1v) is 5.20. The molecule has 0 bridgehead atoms. The first-order chi connectivity index (χ1) is 8.29. The molecule has 1 N–H and O–H groups in total. The van der Waals surface area contributed by atoms with Gasteiger partial charge >= 0.3 is 0 Å². The molecule has 0 unspecified atom stereocenters. The first-order valence-electron chi connectivity index (χ1n) is 5.20.